The summed E-state index contributed by atoms with van der Waals surface area (Å²) in [6.45, 7) is 1.77. The van der Waals surface area contributed by atoms with Gasteiger partial charge in [0.05, 0.1) is 0 Å². The second-order valence-electron chi connectivity index (χ2n) is 6.97. The molecule has 0 bridgehead atoms. The first kappa shape index (κ1) is 17.1. The molecule has 0 aliphatic carbocycles. The van der Waals surface area contributed by atoms with Crippen LogP contribution in [0.15, 0.2) is 51.7 Å². The maximum absolute atomic E-state index is 11.8. The molecule has 0 saturated heterocycles. The van der Waals surface area contributed by atoms with Crippen LogP contribution in [-0.4, -0.2) is 31.7 Å². The number of hydrogen-bond donors (Lipinski definition) is 1. The number of aromatic carboxylic acids is 1. The zero-order valence-electron chi connectivity index (χ0n) is 15.2. The van der Waals surface area contributed by atoms with Crippen LogP contribution in [0.1, 0.15) is 21.5 Å². The molecule has 0 unspecified atom stereocenters. The Morgan fingerprint density at radius 2 is 2.04 bits per heavy atom. The van der Waals surface area contributed by atoms with Gasteiger partial charge in [-0.2, -0.15) is 0 Å². The Bertz CT molecular complexity index is 1100. The average Bonchev–Trinajstić information content (AvgIpc) is 3.00. The van der Waals surface area contributed by atoms with E-state index in [1.807, 2.05) is 13.1 Å². The van der Waals surface area contributed by atoms with Gasteiger partial charge in [0, 0.05) is 50.0 Å². The summed E-state index contributed by atoms with van der Waals surface area (Å²) >= 11 is 0. The second-order valence-corrected chi connectivity index (χ2v) is 6.97. The highest BCUT2D eigenvalue weighted by Crippen LogP contribution is 2.28. The van der Waals surface area contributed by atoms with E-state index in [9.17, 15) is 9.59 Å². The molecule has 2 heterocycles. The number of benzene rings is 2. The molecule has 0 atom stereocenters. The predicted molar refractivity (Wildman–Crippen MR) is 105 cm³/mol. The van der Waals surface area contributed by atoms with Crippen LogP contribution >= 0.6 is 0 Å². The van der Waals surface area contributed by atoms with E-state index >= 15 is 0 Å². The van der Waals surface area contributed by atoms with Crippen LogP contribution in [0.3, 0.4) is 0 Å². The molecule has 0 amide bonds. The molecule has 6 heteroatoms. The highest BCUT2D eigenvalue weighted by molar-refractivity contribution is 5.92. The third kappa shape index (κ3) is 3.14. The fourth-order valence-electron chi connectivity index (χ4n) is 3.57. The lowest BCUT2D eigenvalue weighted by atomic mass is 10.1. The number of carboxylic acids is 1. The number of nitrogens with zero attached hydrogens (tertiary/aromatic N) is 2. The van der Waals surface area contributed by atoms with Crippen molar-refractivity contribution >= 4 is 28.3 Å². The average molecular weight is 364 g/mol. The summed E-state index contributed by atoms with van der Waals surface area (Å²) in [5.74, 6) is -1.28. The topological polar surface area (TPSA) is 74.0 Å². The van der Waals surface area contributed by atoms with Crippen molar-refractivity contribution in [3.8, 4) is 0 Å². The number of anilines is 2. The van der Waals surface area contributed by atoms with Gasteiger partial charge in [-0.3, -0.25) is 0 Å². The van der Waals surface area contributed by atoms with Crippen LogP contribution in [0, 0.1) is 0 Å². The largest absolute Gasteiger partial charge is 0.477 e. The summed E-state index contributed by atoms with van der Waals surface area (Å²) < 4.78 is 5.20. The Labute approximate surface area is 156 Å². The quantitative estimate of drug-likeness (QED) is 0.717. The second kappa shape index (κ2) is 6.46. The molecular weight excluding hydrogens is 344 g/mol. The zero-order chi connectivity index (χ0) is 19.1. The van der Waals surface area contributed by atoms with Gasteiger partial charge in [0.2, 0.25) is 0 Å². The van der Waals surface area contributed by atoms with Crippen molar-refractivity contribution in [3.05, 3.63) is 69.6 Å². The first-order valence-corrected chi connectivity index (χ1v) is 8.77. The molecule has 27 heavy (non-hydrogen) atoms. The Balaban J connectivity index is 1.61. The molecule has 4 rings (SSSR count). The molecule has 1 aromatic heterocycles. The van der Waals surface area contributed by atoms with Gasteiger partial charge in [-0.25, -0.2) is 9.59 Å². The molecule has 0 spiro atoms. The lowest BCUT2D eigenvalue weighted by molar-refractivity contribution is 0.0692. The minimum atomic E-state index is -1.28. The summed E-state index contributed by atoms with van der Waals surface area (Å²) in [5, 5.41) is 9.63. The molecule has 0 fully saturated rings. The van der Waals surface area contributed by atoms with Crippen LogP contribution in [-0.2, 0) is 13.0 Å². The number of fused-ring (bicyclic) bond motifs is 2. The number of carboxylic acid groups (broad SMARTS) is 1. The maximum Gasteiger partial charge on any atom is 0.351 e. The molecule has 2 aromatic carbocycles. The summed E-state index contributed by atoms with van der Waals surface area (Å²) in [7, 11) is 4.08. The Morgan fingerprint density at radius 1 is 1.22 bits per heavy atom. The molecule has 0 radical (unpaired) electrons. The first-order chi connectivity index (χ1) is 12.9. The van der Waals surface area contributed by atoms with Gasteiger partial charge in [0.1, 0.15) is 11.1 Å². The Kier molecular flexibility index (Phi) is 4.11. The predicted octanol–water partition coefficient (Wildman–Crippen LogP) is 3.12. The van der Waals surface area contributed by atoms with E-state index in [2.05, 4.69) is 35.0 Å². The van der Waals surface area contributed by atoms with Gasteiger partial charge in [0.15, 0.2) is 0 Å². The molecule has 138 valence electrons. The molecular formula is C21H20N2O4. The minimum Gasteiger partial charge on any atom is -0.477 e. The molecule has 1 aliphatic rings. The van der Waals surface area contributed by atoms with Gasteiger partial charge in [-0.1, -0.05) is 12.1 Å². The van der Waals surface area contributed by atoms with E-state index in [-0.39, 0.29) is 5.56 Å². The standard InChI is InChI=1S/C21H20N2O4/c1-22-8-7-14-9-13(3-6-18(14)22)12-23(2)16-5-4-15-10-17(20(24)25)21(26)27-19(15)11-16/h3-6,9-11H,7-8,12H2,1-2H3,(H,24,25). The maximum atomic E-state index is 11.8. The van der Waals surface area contributed by atoms with Crippen molar-refractivity contribution in [2.45, 2.75) is 13.0 Å². The third-order valence-corrected chi connectivity index (χ3v) is 5.08. The van der Waals surface area contributed by atoms with E-state index < -0.39 is 11.6 Å². The molecule has 0 saturated carbocycles. The van der Waals surface area contributed by atoms with E-state index in [0.29, 0.717) is 11.0 Å². The molecule has 6 nitrogen and oxygen atoms in total. The van der Waals surface area contributed by atoms with Gasteiger partial charge in [-0.15, -0.1) is 0 Å². The third-order valence-electron chi connectivity index (χ3n) is 5.08. The van der Waals surface area contributed by atoms with Crippen LogP contribution in [0.2, 0.25) is 0 Å². The van der Waals surface area contributed by atoms with Gasteiger partial charge in [0.25, 0.3) is 0 Å². The number of hydrogen-bond acceptors (Lipinski definition) is 5. The fourth-order valence-corrected chi connectivity index (χ4v) is 3.57. The van der Waals surface area contributed by atoms with E-state index in [1.54, 1.807) is 12.1 Å². The molecule has 1 aliphatic heterocycles. The van der Waals surface area contributed by atoms with Crippen molar-refractivity contribution in [1.29, 1.82) is 0 Å². The highest BCUT2D eigenvalue weighted by Gasteiger charge is 2.16. The number of carbonyl (C=O) groups is 1. The molecule has 3 aromatic rings. The van der Waals surface area contributed by atoms with Crippen molar-refractivity contribution < 1.29 is 14.3 Å². The smallest absolute Gasteiger partial charge is 0.351 e. The number of rotatable bonds is 4. The monoisotopic (exact) mass is 364 g/mol. The lowest BCUT2D eigenvalue weighted by Crippen LogP contribution is -2.17. The minimum absolute atomic E-state index is 0.355. The van der Waals surface area contributed by atoms with Gasteiger partial charge in [-0.05, 0) is 41.8 Å². The van der Waals surface area contributed by atoms with Crippen LogP contribution < -0.4 is 15.4 Å². The van der Waals surface area contributed by atoms with Crippen molar-refractivity contribution in [1.82, 2.24) is 0 Å². The van der Waals surface area contributed by atoms with Crippen LogP contribution in [0.5, 0.6) is 0 Å². The Hall–Kier alpha value is -3.28. The highest BCUT2D eigenvalue weighted by atomic mass is 16.4. The lowest BCUT2D eigenvalue weighted by Gasteiger charge is -2.20. The van der Waals surface area contributed by atoms with Crippen molar-refractivity contribution in [2.75, 3.05) is 30.4 Å². The zero-order valence-corrected chi connectivity index (χ0v) is 15.2. The van der Waals surface area contributed by atoms with Crippen LogP contribution in [0.25, 0.3) is 11.0 Å². The van der Waals surface area contributed by atoms with Crippen LogP contribution in [0.4, 0.5) is 11.4 Å². The summed E-state index contributed by atoms with van der Waals surface area (Å²) in [6.07, 6.45) is 1.07. The summed E-state index contributed by atoms with van der Waals surface area (Å²) in [5.41, 5.74) is 3.96. The van der Waals surface area contributed by atoms with Gasteiger partial charge >= 0.3 is 11.6 Å². The van der Waals surface area contributed by atoms with Crippen molar-refractivity contribution in [3.63, 3.8) is 0 Å². The summed E-state index contributed by atoms with van der Waals surface area (Å²) in [4.78, 5) is 27.2. The summed E-state index contributed by atoms with van der Waals surface area (Å²) in [6, 6.07) is 13.3. The fraction of sp³-hybridized carbons (Fsp3) is 0.238. The SMILES string of the molecule is CN(Cc1ccc2c(c1)CCN2C)c1ccc2cc(C(=O)O)c(=O)oc2c1. The molecule has 1 N–H and O–H groups in total. The number of likely N-dealkylation sites (N-methyl/N-ethyl adjacent to an activating group) is 1. The normalized spacial score (nSPS) is 13.0. The van der Waals surface area contributed by atoms with Crippen molar-refractivity contribution in [2.24, 2.45) is 0 Å². The van der Waals surface area contributed by atoms with E-state index in [0.717, 1.165) is 25.2 Å². The first-order valence-electron chi connectivity index (χ1n) is 8.77. The Morgan fingerprint density at radius 3 is 2.81 bits per heavy atom. The van der Waals surface area contributed by atoms with E-state index in [4.69, 9.17) is 9.52 Å². The van der Waals surface area contributed by atoms with Gasteiger partial charge < -0.3 is 19.3 Å². The van der Waals surface area contributed by atoms with E-state index in [1.165, 1.54) is 22.9 Å².